The summed E-state index contributed by atoms with van der Waals surface area (Å²) in [5, 5.41) is 42.5. The molecule has 0 aliphatic carbocycles. The molecule has 0 bridgehead atoms. The zero-order valence-corrected chi connectivity index (χ0v) is 18.1. The van der Waals surface area contributed by atoms with Crippen molar-refractivity contribution in [3.05, 3.63) is 48.5 Å². The fraction of sp³-hybridized carbons (Fsp3) is 0.667. The van der Waals surface area contributed by atoms with E-state index in [2.05, 4.69) is 16.0 Å². The molecule has 0 unspecified atom stereocenters. The minimum Gasteiger partial charge on any atom is -0.378 e. The molecule has 0 atom stereocenters. The molecule has 12 nitrogen and oxygen atoms in total. The van der Waals surface area contributed by atoms with Crippen LogP contribution in [0.15, 0.2) is 18.2 Å². The van der Waals surface area contributed by atoms with E-state index < -0.39 is 26.5 Å². The SMILES string of the molecule is CC(C)(CNc1ccc(NCC(C)(C)[N+](=O)[O-])c(NCC(C)(C)[N+](=O)[O-])c1)[N+](=O)[O-]. The third-order valence-corrected chi connectivity index (χ3v) is 4.65. The molecule has 0 aliphatic rings. The molecule has 3 N–H and O–H groups in total. The quantitative estimate of drug-likeness (QED) is 0.336. The van der Waals surface area contributed by atoms with Crippen molar-refractivity contribution in [1.29, 1.82) is 0 Å². The van der Waals surface area contributed by atoms with Crippen LogP contribution >= 0.6 is 0 Å². The first-order valence-electron chi connectivity index (χ1n) is 9.38. The van der Waals surface area contributed by atoms with Gasteiger partial charge < -0.3 is 16.0 Å². The summed E-state index contributed by atoms with van der Waals surface area (Å²) in [6, 6.07) is 5.01. The first-order valence-corrected chi connectivity index (χ1v) is 9.38. The number of nitro groups is 3. The molecule has 0 saturated heterocycles. The van der Waals surface area contributed by atoms with E-state index in [1.165, 1.54) is 41.5 Å². The van der Waals surface area contributed by atoms with Crippen molar-refractivity contribution in [3.63, 3.8) is 0 Å². The molecule has 1 aromatic rings. The number of nitrogens with one attached hydrogen (secondary N) is 3. The van der Waals surface area contributed by atoms with Crippen LogP contribution in [0.5, 0.6) is 0 Å². The van der Waals surface area contributed by atoms with Gasteiger partial charge in [-0.1, -0.05) is 0 Å². The number of benzene rings is 1. The fourth-order valence-electron chi connectivity index (χ4n) is 2.09. The summed E-state index contributed by atoms with van der Waals surface area (Å²) in [6.45, 7) is 9.03. The van der Waals surface area contributed by atoms with Crippen molar-refractivity contribution in [2.45, 2.75) is 58.2 Å². The Hall–Kier alpha value is -3.18. The number of nitrogens with zero attached hydrogens (tertiary/aromatic N) is 3. The highest BCUT2D eigenvalue weighted by atomic mass is 16.6. The summed E-state index contributed by atoms with van der Waals surface area (Å²) in [4.78, 5) is 32.3. The molecule has 1 rings (SSSR count). The standard InChI is InChI=1S/C18H30N6O6/c1-16(2,22(25)26)10-19-13-7-8-14(20-11-17(3,4)23(27)28)15(9-13)21-12-18(5,6)24(29)30/h7-9,19-21H,10-12H2,1-6H3. The van der Waals surface area contributed by atoms with E-state index in [0.29, 0.717) is 17.1 Å². The van der Waals surface area contributed by atoms with Crippen molar-refractivity contribution in [1.82, 2.24) is 0 Å². The molecule has 0 heterocycles. The maximum absolute atomic E-state index is 11.2. The van der Waals surface area contributed by atoms with Crippen molar-refractivity contribution in [2.24, 2.45) is 0 Å². The third kappa shape index (κ3) is 6.71. The lowest BCUT2D eigenvalue weighted by molar-refractivity contribution is -0.556. The highest BCUT2D eigenvalue weighted by Gasteiger charge is 2.33. The summed E-state index contributed by atoms with van der Waals surface area (Å²) in [5.41, 5.74) is -2.05. The Kier molecular flexibility index (Phi) is 7.54. The highest BCUT2D eigenvalue weighted by molar-refractivity contribution is 5.74. The topological polar surface area (TPSA) is 166 Å². The normalized spacial score (nSPS) is 12.2. The fourth-order valence-corrected chi connectivity index (χ4v) is 2.09. The summed E-state index contributed by atoms with van der Waals surface area (Å²) >= 11 is 0. The second-order valence-corrected chi connectivity index (χ2v) is 9.03. The van der Waals surface area contributed by atoms with Crippen LogP contribution in [-0.2, 0) is 0 Å². The van der Waals surface area contributed by atoms with Crippen molar-refractivity contribution in [3.8, 4) is 0 Å². The molecule has 30 heavy (non-hydrogen) atoms. The summed E-state index contributed by atoms with van der Waals surface area (Å²) in [7, 11) is 0. The smallest absolute Gasteiger partial charge is 0.233 e. The van der Waals surface area contributed by atoms with Crippen molar-refractivity contribution >= 4 is 17.1 Å². The van der Waals surface area contributed by atoms with Crippen LogP contribution in [0.2, 0.25) is 0 Å². The lowest BCUT2D eigenvalue weighted by Crippen LogP contribution is -2.40. The zero-order valence-electron chi connectivity index (χ0n) is 18.1. The molecule has 0 aliphatic heterocycles. The Bertz CT molecular complexity index is 808. The summed E-state index contributed by atoms with van der Waals surface area (Å²) in [6.07, 6.45) is 0. The van der Waals surface area contributed by atoms with Gasteiger partial charge in [0.25, 0.3) is 0 Å². The molecule has 1 aromatic carbocycles. The first kappa shape index (κ1) is 24.9. The van der Waals surface area contributed by atoms with Crippen LogP contribution in [0.3, 0.4) is 0 Å². The van der Waals surface area contributed by atoms with Gasteiger partial charge in [-0.3, -0.25) is 30.3 Å². The maximum Gasteiger partial charge on any atom is 0.233 e. The lowest BCUT2D eigenvalue weighted by Gasteiger charge is -2.23. The van der Waals surface area contributed by atoms with Crippen LogP contribution in [-0.4, -0.2) is 51.0 Å². The maximum atomic E-state index is 11.2. The second kappa shape index (κ2) is 9.09. The monoisotopic (exact) mass is 426 g/mol. The van der Waals surface area contributed by atoms with Gasteiger partial charge in [0.2, 0.25) is 16.6 Å². The van der Waals surface area contributed by atoms with Crippen molar-refractivity contribution < 1.29 is 14.8 Å². The summed E-state index contributed by atoms with van der Waals surface area (Å²) < 4.78 is 0. The van der Waals surface area contributed by atoms with Gasteiger partial charge in [-0.15, -0.1) is 0 Å². The minimum absolute atomic E-state index is 0.0111. The van der Waals surface area contributed by atoms with E-state index in [1.807, 2.05) is 0 Å². The molecule has 0 aromatic heterocycles. The van der Waals surface area contributed by atoms with E-state index in [9.17, 15) is 30.3 Å². The Balaban J connectivity index is 3.09. The average Bonchev–Trinajstić information content (AvgIpc) is 2.63. The van der Waals surface area contributed by atoms with Crippen LogP contribution in [0, 0.1) is 30.3 Å². The predicted octanol–water partition coefficient (Wildman–Crippen LogP) is 3.09. The van der Waals surface area contributed by atoms with E-state index >= 15 is 0 Å². The lowest BCUT2D eigenvalue weighted by atomic mass is 10.1. The minimum atomic E-state index is -1.24. The Morgan fingerprint density at radius 1 is 0.667 bits per heavy atom. The molecule has 168 valence electrons. The van der Waals surface area contributed by atoms with Gasteiger partial charge in [0.1, 0.15) is 0 Å². The molecule has 0 fully saturated rings. The predicted molar refractivity (Wildman–Crippen MR) is 115 cm³/mol. The zero-order chi connectivity index (χ0) is 23.3. The Labute approximate surface area is 174 Å². The number of hydrogen-bond acceptors (Lipinski definition) is 9. The third-order valence-electron chi connectivity index (χ3n) is 4.65. The van der Waals surface area contributed by atoms with Gasteiger partial charge in [-0.25, -0.2) is 0 Å². The van der Waals surface area contributed by atoms with Crippen LogP contribution in [0.4, 0.5) is 17.1 Å². The Morgan fingerprint density at radius 2 is 1.03 bits per heavy atom. The van der Waals surface area contributed by atoms with Crippen molar-refractivity contribution in [2.75, 3.05) is 35.6 Å². The highest BCUT2D eigenvalue weighted by Crippen LogP contribution is 2.28. The van der Waals surface area contributed by atoms with Gasteiger partial charge in [-0.05, 0) is 18.2 Å². The van der Waals surface area contributed by atoms with E-state index in [1.54, 1.807) is 18.2 Å². The van der Waals surface area contributed by atoms with Gasteiger partial charge >= 0.3 is 0 Å². The van der Waals surface area contributed by atoms with Gasteiger partial charge in [0.15, 0.2) is 0 Å². The van der Waals surface area contributed by atoms with Gasteiger partial charge in [0.05, 0.1) is 31.0 Å². The van der Waals surface area contributed by atoms with Gasteiger partial charge in [0, 0.05) is 62.0 Å². The van der Waals surface area contributed by atoms with E-state index in [4.69, 9.17) is 0 Å². The molecule has 0 saturated carbocycles. The molecule has 0 amide bonds. The largest absolute Gasteiger partial charge is 0.378 e. The number of anilines is 3. The summed E-state index contributed by atoms with van der Waals surface area (Å²) in [5.74, 6) is 0. The van der Waals surface area contributed by atoms with Gasteiger partial charge in [-0.2, -0.15) is 0 Å². The average molecular weight is 426 g/mol. The number of rotatable bonds is 12. The second-order valence-electron chi connectivity index (χ2n) is 9.03. The molecule has 12 heteroatoms. The molecule has 0 radical (unpaired) electrons. The van der Waals surface area contributed by atoms with Crippen LogP contribution < -0.4 is 16.0 Å². The Morgan fingerprint density at radius 3 is 1.43 bits per heavy atom. The van der Waals surface area contributed by atoms with E-state index in [-0.39, 0.29) is 24.6 Å². The van der Waals surface area contributed by atoms with E-state index in [0.717, 1.165) is 0 Å². The molecule has 0 spiro atoms. The molecular weight excluding hydrogens is 396 g/mol. The molecular formula is C18H30N6O6. The van der Waals surface area contributed by atoms with Crippen LogP contribution in [0.1, 0.15) is 41.5 Å². The van der Waals surface area contributed by atoms with Crippen LogP contribution in [0.25, 0.3) is 0 Å². The first-order chi connectivity index (χ1) is 13.6. The number of hydrogen-bond donors (Lipinski definition) is 3.